The standard InChI is InChI=1S/C14H15BrNO3S/c1-20(17,18)16-14-12(15)8-5-9-13(14)19-10-11-6-3-2-4-7-11/h2-4,6-9,16H,5,10H2,1H3. The van der Waals surface area contributed by atoms with Gasteiger partial charge in [0.05, 0.1) is 6.26 Å². The monoisotopic (exact) mass is 356 g/mol. The zero-order valence-electron chi connectivity index (χ0n) is 11.0. The van der Waals surface area contributed by atoms with Crippen molar-refractivity contribution in [2.45, 2.75) is 13.0 Å². The van der Waals surface area contributed by atoms with Crippen molar-refractivity contribution in [2.24, 2.45) is 0 Å². The van der Waals surface area contributed by atoms with Crippen LogP contribution in [-0.2, 0) is 21.4 Å². The molecule has 0 fully saturated rings. The largest absolute Gasteiger partial charge is 0.487 e. The lowest BCUT2D eigenvalue weighted by molar-refractivity contribution is 0.203. The van der Waals surface area contributed by atoms with E-state index in [1.165, 1.54) is 0 Å². The van der Waals surface area contributed by atoms with Crippen LogP contribution in [0.4, 0.5) is 0 Å². The number of rotatable bonds is 5. The predicted molar refractivity (Wildman–Crippen MR) is 82.2 cm³/mol. The van der Waals surface area contributed by atoms with Crippen molar-refractivity contribution in [2.75, 3.05) is 6.26 Å². The molecular weight excluding hydrogens is 342 g/mol. The number of hydrogen-bond acceptors (Lipinski definition) is 3. The van der Waals surface area contributed by atoms with Crippen LogP contribution in [0.25, 0.3) is 0 Å². The number of sulfonamides is 1. The van der Waals surface area contributed by atoms with Crippen molar-refractivity contribution in [3.8, 4) is 0 Å². The number of nitrogens with one attached hydrogen (secondary N) is 1. The summed E-state index contributed by atoms with van der Waals surface area (Å²) in [5.74, 6) is 0.536. The second kappa shape index (κ2) is 6.45. The SMILES string of the molecule is CS(=O)(=O)NC1=C(Br)[CH]CC=C1OCc1ccccc1. The second-order valence-corrected chi connectivity index (χ2v) is 6.98. The Morgan fingerprint density at radius 3 is 2.65 bits per heavy atom. The minimum atomic E-state index is -3.35. The molecule has 0 bridgehead atoms. The summed E-state index contributed by atoms with van der Waals surface area (Å²) in [5, 5.41) is 0. The lowest BCUT2D eigenvalue weighted by Gasteiger charge is -2.20. The highest BCUT2D eigenvalue weighted by Crippen LogP contribution is 2.28. The van der Waals surface area contributed by atoms with Gasteiger partial charge in [-0.1, -0.05) is 46.3 Å². The Morgan fingerprint density at radius 1 is 1.30 bits per heavy atom. The Hall–Kier alpha value is -1.27. The number of allylic oxidation sites excluding steroid dienone is 2. The average molecular weight is 357 g/mol. The molecule has 1 N–H and O–H groups in total. The molecule has 1 aliphatic rings. The average Bonchev–Trinajstić information content (AvgIpc) is 2.39. The molecule has 107 valence electrons. The molecule has 0 aliphatic heterocycles. The van der Waals surface area contributed by atoms with Crippen LogP contribution in [-0.4, -0.2) is 14.7 Å². The third-order valence-electron chi connectivity index (χ3n) is 2.61. The van der Waals surface area contributed by atoms with Gasteiger partial charge in [0.15, 0.2) is 0 Å². The van der Waals surface area contributed by atoms with Crippen LogP contribution in [0.1, 0.15) is 12.0 Å². The van der Waals surface area contributed by atoms with Gasteiger partial charge in [-0.05, 0) is 18.1 Å². The zero-order valence-corrected chi connectivity index (χ0v) is 13.4. The van der Waals surface area contributed by atoms with Crippen LogP contribution in [0, 0.1) is 6.42 Å². The molecule has 0 spiro atoms. The first-order valence-corrected chi connectivity index (χ1v) is 8.72. The number of hydrogen-bond donors (Lipinski definition) is 1. The van der Waals surface area contributed by atoms with E-state index in [1.807, 2.05) is 42.8 Å². The van der Waals surface area contributed by atoms with Crippen LogP contribution in [0.15, 0.2) is 52.3 Å². The van der Waals surface area contributed by atoms with Crippen LogP contribution in [0.2, 0.25) is 0 Å². The van der Waals surface area contributed by atoms with E-state index >= 15 is 0 Å². The van der Waals surface area contributed by atoms with E-state index in [1.54, 1.807) is 0 Å². The van der Waals surface area contributed by atoms with Gasteiger partial charge in [0.2, 0.25) is 10.0 Å². The minimum absolute atomic E-state index is 0.391. The van der Waals surface area contributed by atoms with Crippen molar-refractivity contribution >= 4 is 26.0 Å². The number of halogens is 1. The van der Waals surface area contributed by atoms with Gasteiger partial charge < -0.3 is 4.74 Å². The summed E-state index contributed by atoms with van der Waals surface area (Å²) in [6.07, 6.45) is 5.54. The molecule has 0 aromatic heterocycles. The van der Waals surface area contributed by atoms with E-state index in [0.717, 1.165) is 11.8 Å². The molecule has 0 unspecified atom stereocenters. The number of benzene rings is 1. The summed E-state index contributed by atoms with van der Waals surface area (Å²) >= 11 is 3.35. The fourth-order valence-corrected chi connectivity index (χ4v) is 2.94. The zero-order chi connectivity index (χ0) is 14.6. The van der Waals surface area contributed by atoms with Crippen LogP contribution < -0.4 is 4.72 Å². The summed E-state index contributed by atoms with van der Waals surface area (Å²) in [6, 6.07) is 9.72. The maximum atomic E-state index is 11.4. The summed E-state index contributed by atoms with van der Waals surface area (Å²) in [4.78, 5) is 0. The predicted octanol–water partition coefficient (Wildman–Crippen LogP) is 2.85. The van der Waals surface area contributed by atoms with Gasteiger partial charge in [-0.15, -0.1) is 0 Å². The molecule has 0 amide bonds. The molecule has 2 rings (SSSR count). The van der Waals surface area contributed by atoms with Crippen molar-refractivity contribution in [1.82, 2.24) is 4.72 Å². The Bertz CT molecular complexity index is 636. The molecule has 1 aliphatic carbocycles. The first kappa shape index (κ1) is 15.1. The molecule has 0 heterocycles. The van der Waals surface area contributed by atoms with Crippen molar-refractivity contribution in [3.63, 3.8) is 0 Å². The highest BCUT2D eigenvalue weighted by Gasteiger charge is 2.19. The molecular formula is C14H15BrNO3S. The van der Waals surface area contributed by atoms with Gasteiger partial charge in [0.1, 0.15) is 18.1 Å². The third kappa shape index (κ3) is 4.38. The summed E-state index contributed by atoms with van der Waals surface area (Å²) in [7, 11) is -3.35. The molecule has 0 saturated carbocycles. The minimum Gasteiger partial charge on any atom is -0.487 e. The van der Waals surface area contributed by atoms with Crippen LogP contribution in [0.3, 0.4) is 0 Å². The molecule has 1 radical (unpaired) electrons. The maximum Gasteiger partial charge on any atom is 0.229 e. The van der Waals surface area contributed by atoms with Crippen molar-refractivity contribution < 1.29 is 13.2 Å². The lowest BCUT2D eigenvalue weighted by Crippen LogP contribution is -2.25. The smallest absolute Gasteiger partial charge is 0.229 e. The summed E-state index contributed by atoms with van der Waals surface area (Å²) < 4.78 is 31.7. The van der Waals surface area contributed by atoms with Crippen molar-refractivity contribution in [3.05, 3.63) is 64.3 Å². The van der Waals surface area contributed by atoms with E-state index in [4.69, 9.17) is 4.74 Å². The molecule has 20 heavy (non-hydrogen) atoms. The molecule has 1 aromatic carbocycles. The Kier molecular flexibility index (Phi) is 4.88. The highest BCUT2D eigenvalue weighted by molar-refractivity contribution is 9.11. The highest BCUT2D eigenvalue weighted by atomic mass is 79.9. The van der Waals surface area contributed by atoms with Gasteiger partial charge >= 0.3 is 0 Å². The molecule has 4 nitrogen and oxygen atoms in total. The normalized spacial score (nSPS) is 15.8. The van der Waals surface area contributed by atoms with Crippen molar-refractivity contribution in [1.29, 1.82) is 0 Å². The third-order valence-corrected chi connectivity index (χ3v) is 3.91. The van der Waals surface area contributed by atoms with E-state index in [9.17, 15) is 8.42 Å². The van der Waals surface area contributed by atoms with Gasteiger partial charge in [0, 0.05) is 10.9 Å². The Morgan fingerprint density at radius 2 is 2.00 bits per heavy atom. The van der Waals surface area contributed by atoms with Gasteiger partial charge in [-0.2, -0.15) is 0 Å². The fourth-order valence-electron chi connectivity index (χ4n) is 1.74. The molecule has 0 saturated heterocycles. The van der Waals surface area contributed by atoms with Gasteiger partial charge in [-0.25, -0.2) is 8.42 Å². The van der Waals surface area contributed by atoms with E-state index in [2.05, 4.69) is 20.7 Å². The molecule has 0 atom stereocenters. The number of ether oxygens (including phenoxy) is 1. The maximum absolute atomic E-state index is 11.4. The van der Waals surface area contributed by atoms with Crippen LogP contribution in [0.5, 0.6) is 0 Å². The topological polar surface area (TPSA) is 55.4 Å². The Labute approximate surface area is 127 Å². The van der Waals surface area contributed by atoms with E-state index in [-0.39, 0.29) is 0 Å². The van der Waals surface area contributed by atoms with Crippen LogP contribution >= 0.6 is 15.9 Å². The fraction of sp³-hybridized carbons (Fsp3) is 0.214. The van der Waals surface area contributed by atoms with E-state index < -0.39 is 10.0 Å². The molecule has 6 heteroatoms. The van der Waals surface area contributed by atoms with Gasteiger partial charge in [-0.3, -0.25) is 4.72 Å². The first-order chi connectivity index (χ1) is 9.46. The Balaban J connectivity index is 2.11. The summed E-state index contributed by atoms with van der Waals surface area (Å²) in [5.41, 5.74) is 1.47. The van der Waals surface area contributed by atoms with Gasteiger partial charge in [0.25, 0.3) is 0 Å². The second-order valence-electron chi connectivity index (χ2n) is 4.38. The quantitative estimate of drug-likeness (QED) is 0.882. The molecule has 1 aromatic rings. The lowest BCUT2D eigenvalue weighted by atomic mass is 10.1. The summed E-state index contributed by atoms with van der Waals surface area (Å²) in [6.45, 7) is 0.391. The first-order valence-electron chi connectivity index (χ1n) is 6.04. The van der Waals surface area contributed by atoms with E-state index in [0.29, 0.717) is 29.0 Å².